The summed E-state index contributed by atoms with van der Waals surface area (Å²) in [6, 6.07) is 12.9. The molecule has 0 aliphatic rings. The van der Waals surface area contributed by atoms with Crippen LogP contribution in [0, 0.1) is 10.1 Å². The zero-order valence-corrected chi connectivity index (χ0v) is 14.0. The molecule has 2 aromatic carbocycles. The number of aliphatic hydroxyl groups is 1. The number of aliphatic hydroxyl groups excluding tert-OH is 1. The summed E-state index contributed by atoms with van der Waals surface area (Å²) in [5.74, 6) is -1.57. The second-order valence-corrected chi connectivity index (χ2v) is 5.49. The van der Waals surface area contributed by atoms with Gasteiger partial charge in [0.05, 0.1) is 12.0 Å². The highest BCUT2D eigenvalue weighted by Crippen LogP contribution is 2.20. The maximum absolute atomic E-state index is 12.3. The second kappa shape index (κ2) is 8.72. The Hall–Kier alpha value is -3.26. The lowest BCUT2D eigenvalue weighted by molar-refractivity contribution is -0.385. The summed E-state index contributed by atoms with van der Waals surface area (Å²) in [6.07, 6.45) is -1.62. The summed E-state index contributed by atoms with van der Waals surface area (Å²) < 4.78 is 4.67. The standard InChI is InChI=1S/C18H18N2O6/c1-26-18(23)14(11-13-9-5-6-10-15(13)20(24)25)19-17(22)16(21)12-7-3-2-4-8-12/h2-10,14,16,21H,11H2,1H3,(H,19,22)/t14-,16+/m1/s1. The van der Waals surface area contributed by atoms with E-state index < -0.39 is 28.9 Å². The summed E-state index contributed by atoms with van der Waals surface area (Å²) in [6.45, 7) is 0. The third-order valence-corrected chi connectivity index (χ3v) is 3.78. The lowest BCUT2D eigenvalue weighted by Gasteiger charge is -2.19. The average Bonchev–Trinajstić information content (AvgIpc) is 2.67. The number of carbonyl (C=O) groups is 2. The Morgan fingerprint density at radius 1 is 1.15 bits per heavy atom. The number of hydrogen-bond acceptors (Lipinski definition) is 6. The van der Waals surface area contributed by atoms with E-state index in [1.807, 2.05) is 0 Å². The van der Waals surface area contributed by atoms with E-state index in [0.717, 1.165) is 7.11 Å². The summed E-state index contributed by atoms with van der Waals surface area (Å²) in [5, 5.41) is 23.6. The molecule has 0 spiro atoms. The highest BCUT2D eigenvalue weighted by molar-refractivity contribution is 5.87. The van der Waals surface area contributed by atoms with E-state index in [1.165, 1.54) is 18.2 Å². The number of benzene rings is 2. The Labute approximate surface area is 149 Å². The minimum atomic E-state index is -1.48. The minimum Gasteiger partial charge on any atom is -0.467 e. The molecule has 2 atom stereocenters. The van der Waals surface area contributed by atoms with Gasteiger partial charge in [0, 0.05) is 18.1 Å². The van der Waals surface area contributed by atoms with Gasteiger partial charge in [0.15, 0.2) is 6.10 Å². The Kier molecular flexibility index (Phi) is 6.40. The van der Waals surface area contributed by atoms with Crippen LogP contribution in [0.2, 0.25) is 0 Å². The predicted molar refractivity (Wildman–Crippen MR) is 92.1 cm³/mol. The van der Waals surface area contributed by atoms with Crippen LogP contribution in [0.4, 0.5) is 5.69 Å². The predicted octanol–water partition coefficient (Wildman–Crippen LogP) is 1.53. The van der Waals surface area contributed by atoms with Crippen molar-refractivity contribution < 1.29 is 24.4 Å². The van der Waals surface area contributed by atoms with E-state index in [2.05, 4.69) is 10.1 Å². The fourth-order valence-electron chi connectivity index (χ4n) is 2.45. The molecule has 0 aliphatic carbocycles. The number of esters is 1. The van der Waals surface area contributed by atoms with E-state index in [-0.39, 0.29) is 17.7 Å². The smallest absolute Gasteiger partial charge is 0.328 e. The van der Waals surface area contributed by atoms with Crippen LogP contribution in [0.3, 0.4) is 0 Å². The molecule has 8 nitrogen and oxygen atoms in total. The van der Waals surface area contributed by atoms with Crippen molar-refractivity contribution in [3.8, 4) is 0 Å². The van der Waals surface area contributed by atoms with Crippen LogP contribution in [0.15, 0.2) is 54.6 Å². The van der Waals surface area contributed by atoms with Crippen LogP contribution in [0.25, 0.3) is 0 Å². The molecule has 0 unspecified atom stereocenters. The molecule has 136 valence electrons. The number of nitrogens with zero attached hydrogens (tertiary/aromatic N) is 1. The first-order chi connectivity index (χ1) is 12.4. The molecule has 2 rings (SSSR count). The normalized spacial score (nSPS) is 12.7. The Balaban J connectivity index is 2.19. The largest absolute Gasteiger partial charge is 0.467 e. The van der Waals surface area contributed by atoms with Gasteiger partial charge in [0.1, 0.15) is 6.04 Å². The molecular formula is C18H18N2O6. The van der Waals surface area contributed by atoms with Gasteiger partial charge in [-0.25, -0.2) is 4.79 Å². The molecule has 0 bridgehead atoms. The van der Waals surface area contributed by atoms with Crippen molar-refractivity contribution in [3.05, 3.63) is 75.8 Å². The van der Waals surface area contributed by atoms with Crippen molar-refractivity contribution in [2.75, 3.05) is 7.11 Å². The lowest BCUT2D eigenvalue weighted by Crippen LogP contribution is -2.45. The highest BCUT2D eigenvalue weighted by atomic mass is 16.6. The first-order valence-corrected chi connectivity index (χ1v) is 7.77. The van der Waals surface area contributed by atoms with Gasteiger partial charge in [0.25, 0.3) is 11.6 Å². The number of nitro benzene ring substituents is 1. The van der Waals surface area contributed by atoms with Gasteiger partial charge in [-0.1, -0.05) is 48.5 Å². The van der Waals surface area contributed by atoms with Gasteiger partial charge in [0.2, 0.25) is 0 Å². The number of methoxy groups -OCH3 is 1. The van der Waals surface area contributed by atoms with Crippen LogP contribution in [0.5, 0.6) is 0 Å². The molecule has 0 fully saturated rings. The summed E-state index contributed by atoms with van der Waals surface area (Å²) in [4.78, 5) is 34.8. The molecule has 2 N–H and O–H groups in total. The first-order valence-electron chi connectivity index (χ1n) is 7.77. The van der Waals surface area contributed by atoms with E-state index in [0.29, 0.717) is 5.56 Å². The van der Waals surface area contributed by atoms with Gasteiger partial charge in [-0.05, 0) is 5.56 Å². The lowest BCUT2D eigenvalue weighted by atomic mass is 10.0. The van der Waals surface area contributed by atoms with Crippen molar-refractivity contribution in [2.24, 2.45) is 0 Å². The number of ether oxygens (including phenoxy) is 1. The van der Waals surface area contributed by atoms with E-state index in [9.17, 15) is 24.8 Å². The molecule has 0 radical (unpaired) electrons. The monoisotopic (exact) mass is 358 g/mol. The number of nitrogens with one attached hydrogen (secondary N) is 1. The van der Waals surface area contributed by atoms with Crippen molar-refractivity contribution in [3.63, 3.8) is 0 Å². The number of carbonyl (C=O) groups excluding carboxylic acids is 2. The Morgan fingerprint density at radius 2 is 1.77 bits per heavy atom. The molecule has 26 heavy (non-hydrogen) atoms. The van der Waals surface area contributed by atoms with Crippen LogP contribution >= 0.6 is 0 Å². The van der Waals surface area contributed by atoms with E-state index in [4.69, 9.17) is 0 Å². The summed E-state index contributed by atoms with van der Waals surface area (Å²) in [5.41, 5.74) is 0.459. The number of amides is 1. The second-order valence-electron chi connectivity index (χ2n) is 5.49. The molecule has 0 saturated carbocycles. The molecule has 0 saturated heterocycles. The fraction of sp³-hybridized carbons (Fsp3) is 0.222. The minimum absolute atomic E-state index is 0.142. The third kappa shape index (κ3) is 4.64. The van der Waals surface area contributed by atoms with E-state index >= 15 is 0 Å². The molecule has 2 aromatic rings. The molecule has 0 heterocycles. The summed E-state index contributed by atoms with van der Waals surface area (Å²) >= 11 is 0. The van der Waals surface area contributed by atoms with Crippen molar-refractivity contribution in [1.29, 1.82) is 0 Å². The number of nitro groups is 1. The zero-order chi connectivity index (χ0) is 19.1. The SMILES string of the molecule is COC(=O)[C@@H](Cc1ccccc1[N+](=O)[O-])NC(=O)[C@@H](O)c1ccccc1. The van der Waals surface area contributed by atoms with Gasteiger partial charge < -0.3 is 15.2 Å². The van der Waals surface area contributed by atoms with Crippen LogP contribution in [0.1, 0.15) is 17.2 Å². The molecule has 0 aromatic heterocycles. The zero-order valence-electron chi connectivity index (χ0n) is 14.0. The Morgan fingerprint density at radius 3 is 2.38 bits per heavy atom. The maximum atomic E-state index is 12.3. The van der Waals surface area contributed by atoms with Gasteiger partial charge in [-0.2, -0.15) is 0 Å². The molecular weight excluding hydrogens is 340 g/mol. The summed E-state index contributed by atoms with van der Waals surface area (Å²) in [7, 11) is 1.15. The van der Waals surface area contributed by atoms with Crippen molar-refractivity contribution in [2.45, 2.75) is 18.6 Å². The Bertz CT molecular complexity index is 793. The average molecular weight is 358 g/mol. The van der Waals surface area contributed by atoms with Gasteiger partial charge in [-0.3, -0.25) is 14.9 Å². The first kappa shape index (κ1) is 19.1. The van der Waals surface area contributed by atoms with Crippen molar-refractivity contribution in [1.82, 2.24) is 5.32 Å². The number of para-hydroxylation sites is 1. The van der Waals surface area contributed by atoms with Crippen LogP contribution < -0.4 is 5.32 Å². The van der Waals surface area contributed by atoms with Crippen molar-refractivity contribution >= 4 is 17.6 Å². The molecule has 0 aliphatic heterocycles. The topological polar surface area (TPSA) is 119 Å². The fourth-order valence-corrected chi connectivity index (χ4v) is 2.45. The highest BCUT2D eigenvalue weighted by Gasteiger charge is 2.28. The molecule has 8 heteroatoms. The number of rotatable bonds is 7. The van der Waals surface area contributed by atoms with Crippen LogP contribution in [-0.2, 0) is 20.7 Å². The van der Waals surface area contributed by atoms with Gasteiger partial charge >= 0.3 is 5.97 Å². The quantitative estimate of drug-likeness (QED) is 0.440. The van der Waals surface area contributed by atoms with E-state index in [1.54, 1.807) is 36.4 Å². The van der Waals surface area contributed by atoms with Gasteiger partial charge in [-0.15, -0.1) is 0 Å². The number of hydrogen-bond donors (Lipinski definition) is 2. The third-order valence-electron chi connectivity index (χ3n) is 3.78. The van der Waals surface area contributed by atoms with Crippen LogP contribution in [-0.4, -0.2) is 35.1 Å². The maximum Gasteiger partial charge on any atom is 0.328 e. The molecule has 1 amide bonds.